The molecule has 2 aromatic carbocycles. The van der Waals surface area contributed by atoms with Gasteiger partial charge in [0.25, 0.3) is 5.91 Å². The van der Waals surface area contributed by atoms with Gasteiger partial charge in [-0.15, -0.1) is 0 Å². The lowest BCUT2D eigenvalue weighted by Gasteiger charge is -2.31. The monoisotopic (exact) mass is 377 g/mol. The Balaban J connectivity index is 1.41. The van der Waals surface area contributed by atoms with Crippen LogP contribution >= 0.6 is 0 Å². The average molecular weight is 377 g/mol. The van der Waals surface area contributed by atoms with Crippen molar-refractivity contribution in [3.8, 4) is 0 Å². The summed E-state index contributed by atoms with van der Waals surface area (Å²) in [6, 6.07) is 14.9. The van der Waals surface area contributed by atoms with E-state index in [1.54, 1.807) is 12.1 Å². The maximum absolute atomic E-state index is 12.8. The highest BCUT2D eigenvalue weighted by Gasteiger charge is 2.26. The van der Waals surface area contributed by atoms with E-state index in [4.69, 9.17) is 4.42 Å². The summed E-state index contributed by atoms with van der Waals surface area (Å²) in [5.74, 6) is -0.195. The smallest absolute Gasteiger partial charge is 0.335 e. The van der Waals surface area contributed by atoms with E-state index in [0.29, 0.717) is 30.3 Å². The second kappa shape index (κ2) is 7.50. The van der Waals surface area contributed by atoms with Gasteiger partial charge in [0.1, 0.15) is 5.58 Å². The molecule has 2 heterocycles. The van der Waals surface area contributed by atoms with Crippen LogP contribution in [0.25, 0.3) is 11.0 Å². The molecule has 1 aromatic heterocycles. The van der Waals surface area contributed by atoms with Crippen LogP contribution in [0.15, 0.2) is 52.9 Å². The molecule has 1 amide bonds. The maximum Gasteiger partial charge on any atom is 0.335 e. The van der Waals surface area contributed by atoms with E-state index < -0.39 is 5.97 Å². The summed E-state index contributed by atoms with van der Waals surface area (Å²) in [6.07, 6.45) is 2.45. The van der Waals surface area contributed by atoms with E-state index >= 15 is 0 Å². The van der Waals surface area contributed by atoms with Crippen LogP contribution in [0.4, 0.5) is 0 Å². The van der Waals surface area contributed by atoms with Crippen LogP contribution in [0.2, 0.25) is 0 Å². The number of hydrogen-bond donors (Lipinski definition) is 1. The number of aryl methyl sites for hydroxylation is 1. The summed E-state index contributed by atoms with van der Waals surface area (Å²) in [6.45, 7) is 3.34. The predicted molar refractivity (Wildman–Crippen MR) is 107 cm³/mol. The molecule has 0 aliphatic carbocycles. The van der Waals surface area contributed by atoms with Gasteiger partial charge >= 0.3 is 5.97 Å². The number of benzene rings is 2. The van der Waals surface area contributed by atoms with Crippen LogP contribution in [0.5, 0.6) is 0 Å². The number of carboxylic acid groups (broad SMARTS) is 1. The number of nitrogens with zero attached hydrogens (tertiary/aromatic N) is 1. The number of rotatable bonds is 4. The van der Waals surface area contributed by atoms with Crippen molar-refractivity contribution >= 4 is 22.8 Å². The van der Waals surface area contributed by atoms with Gasteiger partial charge in [0.05, 0.1) is 5.56 Å². The second-order valence-electron chi connectivity index (χ2n) is 7.55. The summed E-state index contributed by atoms with van der Waals surface area (Å²) in [5, 5.41) is 10.3. The summed E-state index contributed by atoms with van der Waals surface area (Å²) >= 11 is 0. The minimum Gasteiger partial charge on any atom is -0.478 e. The van der Waals surface area contributed by atoms with Crippen LogP contribution in [0.3, 0.4) is 0 Å². The van der Waals surface area contributed by atoms with Gasteiger partial charge in [-0.25, -0.2) is 4.79 Å². The molecule has 5 nitrogen and oxygen atoms in total. The Morgan fingerprint density at radius 1 is 1.11 bits per heavy atom. The predicted octanol–water partition coefficient (Wildman–Crippen LogP) is 4.53. The Labute approximate surface area is 163 Å². The number of carbonyl (C=O) groups is 2. The van der Waals surface area contributed by atoms with Crippen molar-refractivity contribution < 1.29 is 19.1 Å². The zero-order chi connectivity index (χ0) is 19.7. The van der Waals surface area contributed by atoms with E-state index in [-0.39, 0.29) is 5.91 Å². The zero-order valence-electron chi connectivity index (χ0n) is 15.9. The highest BCUT2D eigenvalue weighted by Crippen LogP contribution is 2.26. The standard InChI is InChI=1S/C23H23NO4/c1-15-6-7-20-18(12-15)14-21(28-20)22(25)24-10-8-16(9-11-24)13-17-4-2-3-5-19(17)23(26)27/h2-7,12,14,16H,8-11,13H2,1H3,(H,26,27). The maximum atomic E-state index is 12.8. The van der Waals surface area contributed by atoms with Gasteiger partial charge < -0.3 is 14.4 Å². The summed E-state index contributed by atoms with van der Waals surface area (Å²) in [4.78, 5) is 26.0. The number of hydrogen-bond acceptors (Lipinski definition) is 3. The van der Waals surface area contributed by atoms with E-state index in [2.05, 4.69) is 0 Å². The van der Waals surface area contributed by atoms with Crippen molar-refractivity contribution in [1.82, 2.24) is 4.90 Å². The van der Waals surface area contributed by atoms with E-state index in [0.717, 1.165) is 41.4 Å². The number of amides is 1. The lowest BCUT2D eigenvalue weighted by atomic mass is 9.88. The largest absolute Gasteiger partial charge is 0.478 e. The molecular weight excluding hydrogens is 354 g/mol. The molecule has 5 heteroatoms. The van der Waals surface area contributed by atoms with E-state index in [9.17, 15) is 14.7 Å². The third kappa shape index (κ3) is 3.65. The van der Waals surface area contributed by atoms with Gasteiger partial charge in [-0.3, -0.25) is 4.79 Å². The second-order valence-corrected chi connectivity index (χ2v) is 7.55. The molecule has 0 spiro atoms. The first-order valence-electron chi connectivity index (χ1n) is 9.62. The van der Waals surface area contributed by atoms with Crippen molar-refractivity contribution in [3.63, 3.8) is 0 Å². The van der Waals surface area contributed by atoms with Gasteiger partial charge in [-0.2, -0.15) is 0 Å². The Hall–Kier alpha value is -3.08. The van der Waals surface area contributed by atoms with Gasteiger partial charge in [0.15, 0.2) is 5.76 Å². The highest BCUT2D eigenvalue weighted by atomic mass is 16.4. The molecule has 1 saturated heterocycles. The number of carbonyl (C=O) groups excluding carboxylic acids is 1. The number of fused-ring (bicyclic) bond motifs is 1. The fourth-order valence-electron chi connectivity index (χ4n) is 3.98. The van der Waals surface area contributed by atoms with Gasteiger partial charge in [0.2, 0.25) is 0 Å². The summed E-state index contributed by atoms with van der Waals surface area (Å²) in [7, 11) is 0. The molecule has 1 aliphatic rings. The molecule has 28 heavy (non-hydrogen) atoms. The van der Waals surface area contributed by atoms with Crippen LogP contribution in [0.1, 0.15) is 44.9 Å². The fraction of sp³-hybridized carbons (Fsp3) is 0.304. The first-order valence-corrected chi connectivity index (χ1v) is 9.62. The SMILES string of the molecule is Cc1ccc2oc(C(=O)N3CCC(Cc4ccccc4C(=O)O)CC3)cc2c1. The van der Waals surface area contributed by atoms with Crippen LogP contribution in [-0.2, 0) is 6.42 Å². The van der Waals surface area contributed by atoms with Gasteiger partial charge in [-0.05, 0) is 61.9 Å². The fourth-order valence-corrected chi connectivity index (χ4v) is 3.98. The molecule has 144 valence electrons. The molecule has 0 radical (unpaired) electrons. The minimum absolute atomic E-state index is 0.0711. The van der Waals surface area contributed by atoms with Crippen molar-refractivity contribution in [2.75, 3.05) is 13.1 Å². The number of piperidine rings is 1. The average Bonchev–Trinajstić information content (AvgIpc) is 3.11. The third-order valence-electron chi connectivity index (χ3n) is 5.54. The molecule has 0 unspecified atom stereocenters. The van der Waals surface area contributed by atoms with Crippen molar-refractivity contribution in [3.05, 3.63) is 71.0 Å². The van der Waals surface area contributed by atoms with E-state index in [1.165, 1.54) is 0 Å². The third-order valence-corrected chi connectivity index (χ3v) is 5.54. The zero-order valence-corrected chi connectivity index (χ0v) is 15.9. The number of likely N-dealkylation sites (tertiary alicyclic amines) is 1. The minimum atomic E-state index is -0.886. The van der Waals surface area contributed by atoms with Crippen molar-refractivity contribution in [2.24, 2.45) is 5.92 Å². The molecule has 0 atom stereocenters. The molecule has 0 bridgehead atoms. The Kier molecular flexibility index (Phi) is 4.90. The topological polar surface area (TPSA) is 70.8 Å². The summed E-state index contributed by atoms with van der Waals surface area (Å²) < 4.78 is 5.75. The quantitative estimate of drug-likeness (QED) is 0.725. The number of aromatic carboxylic acids is 1. The first kappa shape index (κ1) is 18.3. The molecular formula is C23H23NO4. The lowest BCUT2D eigenvalue weighted by molar-refractivity contribution is 0.0661. The molecule has 1 N–H and O–H groups in total. The Bertz CT molecular complexity index is 1030. The molecule has 3 aromatic rings. The Morgan fingerprint density at radius 3 is 2.61 bits per heavy atom. The van der Waals surface area contributed by atoms with Gasteiger partial charge in [-0.1, -0.05) is 29.8 Å². The molecule has 1 fully saturated rings. The van der Waals surface area contributed by atoms with E-state index in [1.807, 2.05) is 48.2 Å². The molecule has 0 saturated carbocycles. The van der Waals surface area contributed by atoms with Gasteiger partial charge in [0, 0.05) is 18.5 Å². The van der Waals surface area contributed by atoms with Crippen LogP contribution in [-0.4, -0.2) is 35.0 Å². The van der Waals surface area contributed by atoms with Crippen LogP contribution < -0.4 is 0 Å². The van der Waals surface area contributed by atoms with Crippen molar-refractivity contribution in [2.45, 2.75) is 26.2 Å². The highest BCUT2D eigenvalue weighted by molar-refractivity contribution is 5.96. The van der Waals surface area contributed by atoms with Crippen LogP contribution in [0, 0.1) is 12.8 Å². The number of carboxylic acids is 1. The first-order chi connectivity index (χ1) is 13.5. The number of furan rings is 1. The Morgan fingerprint density at radius 2 is 1.86 bits per heavy atom. The normalized spacial score (nSPS) is 15.1. The molecule has 4 rings (SSSR count). The lowest BCUT2D eigenvalue weighted by Crippen LogP contribution is -2.38. The summed E-state index contributed by atoms with van der Waals surface area (Å²) in [5.41, 5.74) is 3.11. The molecule has 1 aliphatic heterocycles. The van der Waals surface area contributed by atoms with Crippen molar-refractivity contribution in [1.29, 1.82) is 0 Å².